The van der Waals surface area contributed by atoms with Crippen LogP contribution >= 0.6 is 15.9 Å². The van der Waals surface area contributed by atoms with E-state index in [2.05, 4.69) is 31.5 Å². The maximum absolute atomic E-state index is 12.2. The van der Waals surface area contributed by atoms with Crippen molar-refractivity contribution < 1.29 is 18.3 Å². The van der Waals surface area contributed by atoms with Gasteiger partial charge in [-0.25, -0.2) is 13.1 Å². The van der Waals surface area contributed by atoms with Gasteiger partial charge < -0.3 is 5.11 Å². The maximum atomic E-state index is 12.2. The Balaban J connectivity index is 1.66. The van der Waals surface area contributed by atoms with Gasteiger partial charge in [-0.05, 0) is 77.7 Å². The van der Waals surface area contributed by atoms with E-state index in [9.17, 15) is 18.3 Å². The van der Waals surface area contributed by atoms with Crippen molar-refractivity contribution in [2.24, 2.45) is 0 Å². The number of benzene rings is 2. The van der Waals surface area contributed by atoms with Crippen molar-refractivity contribution in [1.29, 1.82) is 0 Å². The fourth-order valence-electron chi connectivity index (χ4n) is 2.31. The summed E-state index contributed by atoms with van der Waals surface area (Å²) in [5.41, 5.74) is 6.62. The van der Waals surface area contributed by atoms with Crippen LogP contribution < -0.4 is 15.6 Å². The van der Waals surface area contributed by atoms with Crippen LogP contribution in [0.4, 0.5) is 5.69 Å². The van der Waals surface area contributed by atoms with E-state index in [0.717, 1.165) is 18.4 Å². The minimum absolute atomic E-state index is 0.0402. The van der Waals surface area contributed by atoms with E-state index in [0.29, 0.717) is 10.2 Å². The number of nitrogens with one attached hydrogen (secondary N) is 3. The number of carbonyl (C=O) groups is 1. The van der Waals surface area contributed by atoms with Crippen LogP contribution in [0.2, 0.25) is 0 Å². The van der Waals surface area contributed by atoms with Gasteiger partial charge in [0.1, 0.15) is 5.75 Å². The lowest BCUT2D eigenvalue weighted by atomic mass is 10.1. The molecule has 26 heavy (non-hydrogen) atoms. The molecule has 0 heterocycles. The van der Waals surface area contributed by atoms with E-state index in [1.807, 2.05) is 6.92 Å². The molecule has 4 N–H and O–H groups in total. The average Bonchev–Trinajstić information content (AvgIpc) is 3.39. The van der Waals surface area contributed by atoms with E-state index in [4.69, 9.17) is 0 Å². The molecule has 1 aliphatic rings. The summed E-state index contributed by atoms with van der Waals surface area (Å²) >= 11 is 3.20. The molecule has 2 aromatic rings. The molecule has 2 aromatic carbocycles. The molecule has 1 saturated carbocycles. The Labute approximate surface area is 160 Å². The summed E-state index contributed by atoms with van der Waals surface area (Å²) in [5.74, 6) is -0.665. The van der Waals surface area contributed by atoms with Crippen molar-refractivity contribution in [3.63, 3.8) is 0 Å². The maximum Gasteiger partial charge on any atom is 0.273 e. The zero-order chi connectivity index (χ0) is 18.9. The van der Waals surface area contributed by atoms with Gasteiger partial charge >= 0.3 is 0 Å². The fraction of sp³-hybridized carbons (Fsp3) is 0.235. The van der Waals surface area contributed by atoms with E-state index in [-0.39, 0.29) is 22.3 Å². The van der Waals surface area contributed by atoms with Crippen molar-refractivity contribution in [3.05, 3.63) is 52.0 Å². The Kier molecular flexibility index (Phi) is 5.22. The Morgan fingerprint density at radius 2 is 1.85 bits per heavy atom. The highest BCUT2D eigenvalue weighted by atomic mass is 79.9. The Morgan fingerprint density at radius 3 is 2.46 bits per heavy atom. The average molecular weight is 440 g/mol. The van der Waals surface area contributed by atoms with Crippen molar-refractivity contribution in [1.82, 2.24) is 10.1 Å². The van der Waals surface area contributed by atoms with Gasteiger partial charge in [-0.3, -0.25) is 15.6 Å². The van der Waals surface area contributed by atoms with E-state index in [1.165, 1.54) is 12.1 Å². The molecule has 1 fully saturated rings. The Hall–Kier alpha value is -2.10. The molecular formula is C17H18BrN3O4S. The number of carbonyl (C=O) groups excluding carboxylic acids is 1. The number of halogens is 1. The smallest absolute Gasteiger partial charge is 0.273 e. The van der Waals surface area contributed by atoms with Gasteiger partial charge in [0.2, 0.25) is 10.0 Å². The predicted molar refractivity (Wildman–Crippen MR) is 101 cm³/mol. The number of amides is 1. The third kappa shape index (κ3) is 4.35. The van der Waals surface area contributed by atoms with Crippen molar-refractivity contribution in [2.75, 3.05) is 5.43 Å². The lowest BCUT2D eigenvalue weighted by Crippen LogP contribution is -2.29. The number of hydrazine groups is 1. The van der Waals surface area contributed by atoms with Gasteiger partial charge in [-0.2, -0.15) is 0 Å². The fourth-order valence-corrected chi connectivity index (χ4v) is 4.19. The number of hydrogen-bond acceptors (Lipinski definition) is 5. The van der Waals surface area contributed by atoms with Gasteiger partial charge in [-0.15, -0.1) is 0 Å². The molecule has 0 saturated heterocycles. The van der Waals surface area contributed by atoms with Crippen LogP contribution in [0, 0.1) is 6.92 Å². The first-order valence-electron chi connectivity index (χ1n) is 7.94. The number of anilines is 1. The topological polar surface area (TPSA) is 108 Å². The number of aromatic hydroxyl groups is 1. The van der Waals surface area contributed by atoms with E-state index in [1.54, 1.807) is 24.3 Å². The highest BCUT2D eigenvalue weighted by Gasteiger charge is 2.27. The lowest BCUT2D eigenvalue weighted by Gasteiger charge is -2.12. The van der Waals surface area contributed by atoms with Crippen LogP contribution in [-0.2, 0) is 10.0 Å². The van der Waals surface area contributed by atoms with E-state index >= 15 is 0 Å². The van der Waals surface area contributed by atoms with Crippen molar-refractivity contribution >= 4 is 37.5 Å². The van der Waals surface area contributed by atoms with Gasteiger partial charge in [0.25, 0.3) is 5.91 Å². The molecule has 1 aliphatic carbocycles. The number of aryl methyl sites for hydroxylation is 1. The second kappa shape index (κ2) is 7.26. The molecule has 1 amide bonds. The van der Waals surface area contributed by atoms with Gasteiger partial charge in [0.05, 0.1) is 20.6 Å². The summed E-state index contributed by atoms with van der Waals surface area (Å²) in [6, 6.07) is 9.32. The van der Waals surface area contributed by atoms with Crippen LogP contribution in [0.1, 0.15) is 28.8 Å². The second-order valence-electron chi connectivity index (χ2n) is 6.14. The summed E-state index contributed by atoms with van der Waals surface area (Å²) in [6.07, 6.45) is 1.74. The highest BCUT2D eigenvalue weighted by molar-refractivity contribution is 9.10. The number of phenols is 1. The molecular weight excluding hydrogens is 422 g/mol. The summed E-state index contributed by atoms with van der Waals surface area (Å²) in [5, 5.41) is 9.98. The van der Waals surface area contributed by atoms with Crippen molar-refractivity contribution in [2.45, 2.75) is 30.7 Å². The third-order valence-electron chi connectivity index (χ3n) is 3.84. The van der Waals surface area contributed by atoms with Crippen molar-refractivity contribution in [3.8, 4) is 5.75 Å². The first kappa shape index (κ1) is 18.7. The predicted octanol–water partition coefficient (Wildman–Crippen LogP) is 2.66. The van der Waals surface area contributed by atoms with Gasteiger partial charge in [-0.1, -0.05) is 0 Å². The number of hydrogen-bond donors (Lipinski definition) is 4. The Bertz CT molecular complexity index is 941. The number of rotatable bonds is 6. The molecule has 3 rings (SSSR count). The minimum atomic E-state index is -3.51. The normalized spacial score (nSPS) is 14.1. The zero-order valence-corrected chi connectivity index (χ0v) is 16.3. The minimum Gasteiger partial charge on any atom is -0.506 e. The van der Waals surface area contributed by atoms with Gasteiger partial charge in [0, 0.05) is 6.04 Å². The first-order chi connectivity index (χ1) is 12.3. The second-order valence-corrected chi connectivity index (χ2v) is 8.71. The SMILES string of the molecule is Cc1cc(Br)c(O)c(C(=O)NNc2ccc(S(=O)(=O)NC3CC3)cc2)c1. The molecule has 7 nitrogen and oxygen atoms in total. The zero-order valence-electron chi connectivity index (χ0n) is 13.9. The van der Waals surface area contributed by atoms with E-state index < -0.39 is 15.9 Å². The summed E-state index contributed by atoms with van der Waals surface area (Å²) in [6.45, 7) is 1.81. The lowest BCUT2D eigenvalue weighted by molar-refractivity contribution is 0.0960. The summed E-state index contributed by atoms with van der Waals surface area (Å²) in [7, 11) is -3.51. The number of phenolic OH excluding ortho intramolecular Hbond substituents is 1. The van der Waals surface area contributed by atoms with Crippen LogP contribution in [0.3, 0.4) is 0 Å². The molecule has 0 radical (unpaired) electrons. The quantitative estimate of drug-likeness (QED) is 0.517. The molecule has 0 unspecified atom stereocenters. The summed E-state index contributed by atoms with van der Waals surface area (Å²) in [4.78, 5) is 12.4. The molecule has 0 spiro atoms. The van der Waals surface area contributed by atoms with Crippen LogP contribution in [0.25, 0.3) is 0 Å². The standard InChI is InChI=1S/C17H18BrN3O4S/c1-10-8-14(16(22)15(18)9-10)17(23)20-19-11-4-6-13(7-5-11)26(24,25)21-12-2-3-12/h4-9,12,19,21-22H,2-3H2,1H3,(H,20,23). The highest BCUT2D eigenvalue weighted by Crippen LogP contribution is 2.29. The van der Waals surface area contributed by atoms with Crippen LogP contribution in [0.15, 0.2) is 45.8 Å². The number of sulfonamides is 1. The monoisotopic (exact) mass is 439 g/mol. The molecule has 0 atom stereocenters. The molecule has 0 bridgehead atoms. The first-order valence-corrected chi connectivity index (χ1v) is 10.2. The molecule has 9 heteroatoms. The molecule has 0 aromatic heterocycles. The largest absolute Gasteiger partial charge is 0.506 e. The third-order valence-corrected chi connectivity index (χ3v) is 5.98. The van der Waals surface area contributed by atoms with Gasteiger partial charge in [0.15, 0.2) is 0 Å². The Morgan fingerprint density at radius 1 is 1.19 bits per heavy atom. The van der Waals surface area contributed by atoms with Crippen LogP contribution in [0.5, 0.6) is 5.75 Å². The van der Waals surface area contributed by atoms with Crippen LogP contribution in [-0.4, -0.2) is 25.5 Å². The molecule has 138 valence electrons. The molecule has 0 aliphatic heterocycles. The summed E-state index contributed by atoms with van der Waals surface area (Å²) < 4.78 is 27.3.